The number of ketones is 2. The van der Waals surface area contributed by atoms with Gasteiger partial charge in [-0.3, -0.25) is 49.2 Å². The first-order valence-electron chi connectivity index (χ1n) is 15.4. The summed E-state index contributed by atoms with van der Waals surface area (Å²) in [6.45, 7) is 0. The molecule has 14 heteroatoms. The molecule has 0 unspecified atom stereocenters. The first-order valence-corrected chi connectivity index (χ1v) is 15.4. The van der Waals surface area contributed by atoms with Crippen molar-refractivity contribution < 1.29 is 48.6 Å². The van der Waals surface area contributed by atoms with E-state index in [-0.39, 0.29) is 67.1 Å². The zero-order valence-electron chi connectivity index (χ0n) is 26.4. The molecule has 0 aliphatic carbocycles. The summed E-state index contributed by atoms with van der Waals surface area (Å²) >= 11 is 0. The van der Waals surface area contributed by atoms with Crippen molar-refractivity contribution in [1.29, 1.82) is 0 Å². The molecule has 0 bridgehead atoms. The van der Waals surface area contributed by atoms with Gasteiger partial charge in [-0.1, -0.05) is 54.6 Å². The van der Waals surface area contributed by atoms with Gasteiger partial charge in [0.05, 0.1) is 33.4 Å². The first kappa shape index (κ1) is 32.8. The Morgan fingerprint density at radius 2 is 0.788 bits per heavy atom. The number of phenolic OH excluding ortho intramolecular Hbond substituents is 2. The molecule has 7 rings (SSSR count). The fourth-order valence-corrected chi connectivity index (χ4v) is 5.76. The van der Waals surface area contributed by atoms with Gasteiger partial charge in [-0.05, 0) is 54.6 Å². The molecular formula is C38H22N4O10. The van der Waals surface area contributed by atoms with Gasteiger partial charge in [0.2, 0.25) is 0 Å². The van der Waals surface area contributed by atoms with E-state index in [1.165, 1.54) is 109 Å². The van der Waals surface area contributed by atoms with Gasteiger partial charge in [0.1, 0.15) is 11.5 Å². The second-order valence-corrected chi connectivity index (χ2v) is 11.6. The lowest BCUT2D eigenvalue weighted by atomic mass is 9.95. The van der Waals surface area contributed by atoms with Gasteiger partial charge < -0.3 is 10.2 Å². The minimum Gasteiger partial charge on any atom is -0.507 e. The molecule has 0 saturated carbocycles. The number of benzene rings is 5. The van der Waals surface area contributed by atoms with Crippen LogP contribution in [0.1, 0.15) is 94.0 Å². The smallest absolute Gasteiger partial charge is 0.280 e. The van der Waals surface area contributed by atoms with Crippen LogP contribution in [0.2, 0.25) is 0 Å². The maximum Gasteiger partial charge on any atom is 0.280 e. The lowest BCUT2D eigenvalue weighted by Crippen LogP contribution is -2.45. The second kappa shape index (κ2) is 12.6. The van der Waals surface area contributed by atoms with Crippen LogP contribution < -0.4 is 10.9 Å². The van der Waals surface area contributed by atoms with Crippen molar-refractivity contribution in [1.82, 2.24) is 20.9 Å². The molecule has 5 aromatic carbocycles. The van der Waals surface area contributed by atoms with Crippen molar-refractivity contribution in [3.63, 3.8) is 0 Å². The Balaban J connectivity index is 1.08. The van der Waals surface area contributed by atoms with Crippen LogP contribution in [-0.2, 0) is 0 Å². The number of carbonyl (C=O) groups excluding carboxylic acids is 8. The van der Waals surface area contributed by atoms with Crippen LogP contribution in [0.5, 0.6) is 11.5 Å². The number of rotatable bonds is 8. The highest BCUT2D eigenvalue weighted by Crippen LogP contribution is 2.27. The largest absolute Gasteiger partial charge is 0.507 e. The monoisotopic (exact) mass is 694 g/mol. The van der Waals surface area contributed by atoms with E-state index < -0.39 is 47.0 Å². The Labute approximate surface area is 292 Å². The van der Waals surface area contributed by atoms with E-state index in [4.69, 9.17) is 0 Å². The number of hydrogen-bond acceptors (Lipinski definition) is 10. The standard InChI is InChI=1S/C38H22N4O10/c43-29-10-3-1-8-25(29)33(47)39-41-35(49)23-14-12-21(17-27(23)37(41)51)31(45)19-6-5-7-20(16-19)32(46)22-13-15-24-28(18-22)38(52)42(36(24)50)40-34(48)26-9-2-4-11-30(26)44/h1-18,43-44H,(H,39,47)(H,40,48). The van der Waals surface area contributed by atoms with Gasteiger partial charge in [0.15, 0.2) is 11.6 Å². The fourth-order valence-electron chi connectivity index (χ4n) is 5.76. The Bertz CT molecular complexity index is 2310. The van der Waals surface area contributed by atoms with Gasteiger partial charge in [-0.15, -0.1) is 0 Å². The van der Waals surface area contributed by atoms with E-state index >= 15 is 0 Å². The number of carbonyl (C=O) groups is 8. The topological polar surface area (TPSA) is 208 Å². The van der Waals surface area contributed by atoms with E-state index in [1.54, 1.807) is 0 Å². The molecule has 4 N–H and O–H groups in total. The van der Waals surface area contributed by atoms with Crippen molar-refractivity contribution in [2.75, 3.05) is 0 Å². The molecule has 0 spiro atoms. The van der Waals surface area contributed by atoms with E-state index in [1.807, 2.05) is 0 Å². The van der Waals surface area contributed by atoms with Crippen LogP contribution in [0.25, 0.3) is 0 Å². The number of phenols is 2. The van der Waals surface area contributed by atoms with Gasteiger partial charge >= 0.3 is 0 Å². The molecule has 2 aliphatic heterocycles. The van der Waals surface area contributed by atoms with Crippen LogP contribution in [0.4, 0.5) is 0 Å². The van der Waals surface area contributed by atoms with E-state index in [9.17, 15) is 48.6 Å². The number of para-hydroxylation sites is 2. The summed E-state index contributed by atoms with van der Waals surface area (Å²) in [4.78, 5) is 105. The van der Waals surface area contributed by atoms with Crippen LogP contribution >= 0.6 is 0 Å². The third-order valence-electron chi connectivity index (χ3n) is 8.41. The Morgan fingerprint density at radius 1 is 0.423 bits per heavy atom. The maximum absolute atomic E-state index is 13.6. The average Bonchev–Trinajstić information content (AvgIpc) is 3.53. The minimum atomic E-state index is -0.905. The van der Waals surface area contributed by atoms with Crippen LogP contribution in [0.15, 0.2) is 109 Å². The third-order valence-corrected chi connectivity index (χ3v) is 8.41. The number of hydrogen-bond donors (Lipinski definition) is 4. The summed E-state index contributed by atoms with van der Waals surface area (Å²) in [5, 5.41) is 20.9. The zero-order valence-corrected chi connectivity index (χ0v) is 26.4. The summed E-state index contributed by atoms with van der Waals surface area (Å²) in [6.07, 6.45) is 0. The molecule has 6 amide bonds. The molecule has 0 fully saturated rings. The van der Waals surface area contributed by atoms with Crippen molar-refractivity contribution >= 4 is 47.0 Å². The SMILES string of the molecule is O=C(c1cccc(C(=O)c2ccc3c(c2)C(=O)N(NC(=O)c2ccccc2O)C3=O)c1)c1ccc2c(c1)C(=O)N(NC(=O)c1ccccc1O)C2=O. The van der Waals surface area contributed by atoms with Crippen molar-refractivity contribution in [2.45, 2.75) is 0 Å². The molecule has 14 nitrogen and oxygen atoms in total. The molecule has 2 aliphatic rings. The van der Waals surface area contributed by atoms with Crippen LogP contribution in [0.3, 0.4) is 0 Å². The zero-order chi connectivity index (χ0) is 36.8. The predicted octanol–water partition coefficient (Wildman–Crippen LogP) is 3.44. The molecule has 5 aromatic rings. The number of nitrogens with one attached hydrogen (secondary N) is 2. The van der Waals surface area contributed by atoms with Crippen molar-refractivity contribution in [2.24, 2.45) is 0 Å². The van der Waals surface area contributed by atoms with Crippen LogP contribution in [-0.4, -0.2) is 67.2 Å². The number of hydrazine groups is 2. The maximum atomic E-state index is 13.6. The summed E-state index contributed by atoms with van der Waals surface area (Å²) in [5.74, 6) is -7.20. The highest BCUT2D eigenvalue weighted by atomic mass is 16.3. The average molecular weight is 695 g/mol. The number of imide groups is 2. The molecular weight excluding hydrogens is 672 g/mol. The fraction of sp³-hybridized carbons (Fsp3) is 0. The normalized spacial score (nSPS) is 13.2. The van der Waals surface area contributed by atoms with Gasteiger partial charge in [-0.2, -0.15) is 10.0 Å². The number of fused-ring (bicyclic) bond motifs is 2. The molecule has 254 valence electrons. The Kier molecular flexibility index (Phi) is 7.95. The summed E-state index contributed by atoms with van der Waals surface area (Å²) in [5.41, 5.74) is 3.72. The quantitative estimate of drug-likeness (QED) is 0.137. The Morgan fingerprint density at radius 3 is 1.19 bits per heavy atom. The van der Waals surface area contributed by atoms with Crippen molar-refractivity contribution in [3.8, 4) is 11.5 Å². The van der Waals surface area contributed by atoms with E-state index in [0.717, 1.165) is 0 Å². The van der Waals surface area contributed by atoms with E-state index in [2.05, 4.69) is 10.9 Å². The summed E-state index contributed by atoms with van der Waals surface area (Å²) in [6, 6.07) is 24.3. The highest BCUT2D eigenvalue weighted by Gasteiger charge is 2.39. The number of nitrogens with zero attached hydrogens (tertiary/aromatic N) is 2. The van der Waals surface area contributed by atoms with Crippen LogP contribution in [0, 0.1) is 0 Å². The lowest BCUT2D eigenvalue weighted by Gasteiger charge is -2.15. The Hall–Kier alpha value is -7.74. The molecule has 0 aromatic heterocycles. The third kappa shape index (κ3) is 5.51. The summed E-state index contributed by atoms with van der Waals surface area (Å²) < 4.78 is 0. The summed E-state index contributed by atoms with van der Waals surface area (Å²) in [7, 11) is 0. The number of aromatic hydroxyl groups is 2. The van der Waals surface area contributed by atoms with Crippen molar-refractivity contribution in [3.05, 3.63) is 165 Å². The predicted molar refractivity (Wildman–Crippen MR) is 178 cm³/mol. The number of amides is 6. The molecule has 0 radical (unpaired) electrons. The van der Waals surface area contributed by atoms with Gasteiger partial charge in [0, 0.05) is 22.3 Å². The van der Waals surface area contributed by atoms with E-state index in [0.29, 0.717) is 10.0 Å². The molecule has 2 heterocycles. The molecule has 0 saturated heterocycles. The minimum absolute atomic E-state index is 0.00554. The van der Waals surface area contributed by atoms with Gasteiger partial charge in [0.25, 0.3) is 35.4 Å². The van der Waals surface area contributed by atoms with Gasteiger partial charge in [-0.25, -0.2) is 0 Å². The molecule has 52 heavy (non-hydrogen) atoms. The lowest BCUT2D eigenvalue weighted by molar-refractivity contribution is 0.0512. The second-order valence-electron chi connectivity index (χ2n) is 11.6. The first-order chi connectivity index (χ1) is 24.9. The molecule has 0 atom stereocenters. The highest BCUT2D eigenvalue weighted by molar-refractivity contribution is 6.25.